The molecular formula is C18H15F4NO. The highest BCUT2D eigenvalue weighted by atomic mass is 19.4. The second-order valence-corrected chi connectivity index (χ2v) is 5.09. The first kappa shape index (κ1) is 17.7. The maximum absolute atomic E-state index is 13.1. The van der Waals surface area contributed by atoms with Crippen LogP contribution < -0.4 is 5.32 Å². The maximum atomic E-state index is 13.1. The zero-order valence-corrected chi connectivity index (χ0v) is 12.6. The van der Waals surface area contributed by atoms with E-state index in [1.807, 2.05) is 0 Å². The Morgan fingerprint density at radius 1 is 1.04 bits per heavy atom. The summed E-state index contributed by atoms with van der Waals surface area (Å²) in [6.07, 6.45) is -3.77. The molecule has 0 aliphatic heterocycles. The van der Waals surface area contributed by atoms with Gasteiger partial charge in [-0.3, -0.25) is 4.79 Å². The number of nitrogens with one attached hydrogen (secondary N) is 1. The van der Waals surface area contributed by atoms with Gasteiger partial charge in [-0.1, -0.05) is 42.5 Å². The van der Waals surface area contributed by atoms with Crippen LogP contribution in [0.3, 0.4) is 0 Å². The number of amides is 1. The molecule has 0 atom stereocenters. The molecule has 0 aromatic heterocycles. The van der Waals surface area contributed by atoms with Gasteiger partial charge in [0.2, 0.25) is 5.91 Å². The smallest absolute Gasteiger partial charge is 0.352 e. The zero-order chi connectivity index (χ0) is 17.6. The van der Waals surface area contributed by atoms with E-state index in [4.69, 9.17) is 0 Å². The van der Waals surface area contributed by atoms with Crippen molar-refractivity contribution in [2.24, 2.45) is 0 Å². The lowest BCUT2D eigenvalue weighted by atomic mass is 10.1. The van der Waals surface area contributed by atoms with Crippen molar-refractivity contribution in [2.75, 3.05) is 6.54 Å². The van der Waals surface area contributed by atoms with Crippen molar-refractivity contribution < 1.29 is 22.4 Å². The van der Waals surface area contributed by atoms with Gasteiger partial charge >= 0.3 is 6.18 Å². The van der Waals surface area contributed by atoms with E-state index in [1.165, 1.54) is 42.5 Å². The minimum absolute atomic E-state index is 0.0784. The maximum Gasteiger partial charge on any atom is 0.417 e. The fourth-order valence-corrected chi connectivity index (χ4v) is 2.15. The predicted octanol–water partition coefficient (Wildman–Crippen LogP) is 4.13. The lowest BCUT2D eigenvalue weighted by molar-refractivity contribution is -0.116. The van der Waals surface area contributed by atoms with Gasteiger partial charge in [0.05, 0.1) is 5.57 Å². The molecule has 126 valence electrons. The Hall–Kier alpha value is -2.63. The second-order valence-electron chi connectivity index (χ2n) is 5.09. The molecule has 0 spiro atoms. The zero-order valence-electron chi connectivity index (χ0n) is 12.6. The SMILES string of the molecule is O=C(/C=C(\c1ccccc1)C(F)(F)F)NCCc1cccc(F)c1. The summed E-state index contributed by atoms with van der Waals surface area (Å²) in [4.78, 5) is 11.8. The van der Waals surface area contributed by atoms with Crippen LogP contribution in [0.1, 0.15) is 11.1 Å². The molecule has 0 radical (unpaired) electrons. The third kappa shape index (κ3) is 5.22. The molecule has 2 aromatic carbocycles. The summed E-state index contributed by atoms with van der Waals surface area (Å²) in [5, 5.41) is 2.39. The van der Waals surface area contributed by atoms with Crippen LogP contribution in [0.2, 0.25) is 0 Å². The van der Waals surface area contributed by atoms with Crippen LogP contribution in [-0.4, -0.2) is 18.6 Å². The highest BCUT2D eigenvalue weighted by molar-refractivity contribution is 5.96. The van der Waals surface area contributed by atoms with Gasteiger partial charge < -0.3 is 5.32 Å². The van der Waals surface area contributed by atoms with Gasteiger partial charge in [-0.25, -0.2) is 4.39 Å². The second kappa shape index (κ2) is 7.77. The predicted molar refractivity (Wildman–Crippen MR) is 83.6 cm³/mol. The van der Waals surface area contributed by atoms with Crippen molar-refractivity contribution in [3.05, 3.63) is 77.6 Å². The number of benzene rings is 2. The molecule has 2 rings (SSSR count). The van der Waals surface area contributed by atoms with Gasteiger partial charge in [-0.05, 0) is 29.7 Å². The normalized spacial score (nSPS) is 12.1. The summed E-state index contributed by atoms with van der Waals surface area (Å²) in [5.74, 6) is -1.25. The largest absolute Gasteiger partial charge is 0.417 e. The Bertz CT molecular complexity index is 723. The molecule has 2 nitrogen and oxygen atoms in total. The lowest BCUT2D eigenvalue weighted by Crippen LogP contribution is -2.25. The van der Waals surface area contributed by atoms with E-state index in [9.17, 15) is 22.4 Å². The Labute approximate surface area is 136 Å². The summed E-state index contributed by atoms with van der Waals surface area (Å²) in [6, 6.07) is 12.9. The van der Waals surface area contributed by atoms with E-state index in [-0.39, 0.29) is 12.1 Å². The highest BCUT2D eigenvalue weighted by Crippen LogP contribution is 2.33. The average molecular weight is 337 g/mol. The first-order chi connectivity index (χ1) is 11.4. The standard InChI is InChI=1S/C18H15F4NO/c19-15-8-4-5-13(11-15)9-10-23-17(24)12-16(18(20,21)22)14-6-2-1-3-7-14/h1-8,11-12H,9-10H2,(H,23,24)/b16-12+. The van der Waals surface area contributed by atoms with Crippen molar-refractivity contribution in [2.45, 2.75) is 12.6 Å². The van der Waals surface area contributed by atoms with E-state index in [0.717, 1.165) is 0 Å². The number of rotatable bonds is 5. The lowest BCUT2D eigenvalue weighted by Gasteiger charge is -2.12. The van der Waals surface area contributed by atoms with Gasteiger partial charge in [-0.15, -0.1) is 0 Å². The van der Waals surface area contributed by atoms with Gasteiger partial charge in [-0.2, -0.15) is 13.2 Å². The van der Waals surface area contributed by atoms with Gasteiger partial charge in [0.15, 0.2) is 0 Å². The van der Waals surface area contributed by atoms with Crippen molar-refractivity contribution in [1.29, 1.82) is 0 Å². The minimum atomic E-state index is -4.64. The fourth-order valence-electron chi connectivity index (χ4n) is 2.15. The average Bonchev–Trinajstić information content (AvgIpc) is 2.52. The molecule has 1 amide bonds. The van der Waals surface area contributed by atoms with E-state index < -0.39 is 23.5 Å². The van der Waals surface area contributed by atoms with E-state index in [0.29, 0.717) is 18.1 Å². The topological polar surface area (TPSA) is 29.1 Å². The molecular weight excluding hydrogens is 322 g/mol. The van der Waals surface area contributed by atoms with Crippen molar-refractivity contribution in [3.63, 3.8) is 0 Å². The third-order valence-electron chi connectivity index (χ3n) is 3.27. The fraction of sp³-hybridized carbons (Fsp3) is 0.167. The molecule has 0 saturated heterocycles. The molecule has 6 heteroatoms. The molecule has 0 bridgehead atoms. The Morgan fingerprint density at radius 3 is 2.38 bits per heavy atom. The Morgan fingerprint density at radius 2 is 1.75 bits per heavy atom. The van der Waals surface area contributed by atoms with Crippen molar-refractivity contribution in [3.8, 4) is 0 Å². The van der Waals surface area contributed by atoms with Gasteiger partial charge in [0.25, 0.3) is 0 Å². The number of alkyl halides is 3. The monoisotopic (exact) mass is 337 g/mol. The van der Waals surface area contributed by atoms with Gasteiger partial charge in [0.1, 0.15) is 5.82 Å². The van der Waals surface area contributed by atoms with Crippen LogP contribution >= 0.6 is 0 Å². The first-order valence-corrected chi connectivity index (χ1v) is 7.23. The summed E-state index contributed by atoms with van der Waals surface area (Å²) >= 11 is 0. The van der Waals surface area contributed by atoms with Crippen molar-refractivity contribution in [1.82, 2.24) is 5.32 Å². The number of allylic oxidation sites excluding steroid dienone is 1. The van der Waals surface area contributed by atoms with Crippen LogP contribution in [0.15, 0.2) is 60.7 Å². The van der Waals surface area contributed by atoms with E-state index >= 15 is 0 Å². The number of carbonyl (C=O) groups excluding carboxylic acids is 1. The molecule has 24 heavy (non-hydrogen) atoms. The molecule has 0 saturated carbocycles. The summed E-state index contributed by atoms with van der Waals surface area (Å²) in [6.45, 7) is 0.110. The van der Waals surface area contributed by atoms with E-state index in [1.54, 1.807) is 12.1 Å². The summed E-state index contributed by atoms with van der Waals surface area (Å²) in [7, 11) is 0. The molecule has 0 unspecified atom stereocenters. The third-order valence-corrected chi connectivity index (χ3v) is 3.27. The number of carbonyl (C=O) groups is 1. The van der Waals surface area contributed by atoms with Crippen LogP contribution in [0.4, 0.5) is 17.6 Å². The molecule has 1 N–H and O–H groups in total. The van der Waals surface area contributed by atoms with Crippen LogP contribution in [-0.2, 0) is 11.2 Å². The first-order valence-electron chi connectivity index (χ1n) is 7.23. The van der Waals surface area contributed by atoms with E-state index in [2.05, 4.69) is 5.32 Å². The molecule has 0 aliphatic rings. The number of hydrogen-bond donors (Lipinski definition) is 1. The van der Waals surface area contributed by atoms with Crippen molar-refractivity contribution >= 4 is 11.5 Å². The Kier molecular flexibility index (Phi) is 5.73. The quantitative estimate of drug-likeness (QED) is 0.645. The molecule has 2 aromatic rings. The Balaban J connectivity index is 2.03. The number of halogens is 4. The molecule has 0 aliphatic carbocycles. The summed E-state index contributed by atoms with van der Waals surface area (Å²) < 4.78 is 52.3. The van der Waals surface area contributed by atoms with Gasteiger partial charge in [0, 0.05) is 12.6 Å². The number of hydrogen-bond acceptors (Lipinski definition) is 1. The molecule has 0 heterocycles. The van der Waals surface area contributed by atoms with Crippen LogP contribution in [0, 0.1) is 5.82 Å². The van der Waals surface area contributed by atoms with Crippen LogP contribution in [0.5, 0.6) is 0 Å². The minimum Gasteiger partial charge on any atom is -0.352 e. The van der Waals surface area contributed by atoms with Crippen LogP contribution in [0.25, 0.3) is 5.57 Å². The molecule has 0 fully saturated rings. The highest BCUT2D eigenvalue weighted by Gasteiger charge is 2.35. The summed E-state index contributed by atoms with van der Waals surface area (Å²) in [5.41, 5.74) is -0.435.